The summed E-state index contributed by atoms with van der Waals surface area (Å²) < 4.78 is 27.2. The lowest BCUT2D eigenvalue weighted by Crippen LogP contribution is -2.48. The molecule has 1 aliphatic heterocycles. The van der Waals surface area contributed by atoms with Crippen LogP contribution in [0.1, 0.15) is 23.8 Å². The van der Waals surface area contributed by atoms with Crippen molar-refractivity contribution in [3.05, 3.63) is 18.1 Å². The Morgan fingerprint density at radius 3 is 2.89 bits per heavy atom. The van der Waals surface area contributed by atoms with Crippen molar-refractivity contribution < 1.29 is 13.6 Å². The summed E-state index contributed by atoms with van der Waals surface area (Å²) in [5.41, 5.74) is 5.12. The summed E-state index contributed by atoms with van der Waals surface area (Å²) in [5, 5.41) is 0. The molecule has 0 spiro atoms. The van der Waals surface area contributed by atoms with Crippen molar-refractivity contribution in [3.63, 3.8) is 0 Å². The second-order valence-electron chi connectivity index (χ2n) is 4.50. The van der Waals surface area contributed by atoms with Crippen molar-refractivity contribution in [2.45, 2.75) is 19.3 Å². The van der Waals surface area contributed by atoms with Crippen molar-refractivity contribution in [2.24, 2.45) is 11.7 Å². The van der Waals surface area contributed by atoms with Crippen LogP contribution in [-0.2, 0) is 0 Å². The molecule has 1 atom stereocenters. The predicted molar refractivity (Wildman–Crippen MR) is 61.5 cm³/mol. The predicted octanol–water partition coefficient (Wildman–Crippen LogP) is 1.06. The van der Waals surface area contributed by atoms with Crippen LogP contribution in [0.4, 0.5) is 14.6 Å². The van der Waals surface area contributed by atoms with Crippen LogP contribution in [0.2, 0.25) is 0 Å². The van der Waals surface area contributed by atoms with Gasteiger partial charge in [-0.15, -0.1) is 0 Å². The first-order valence-electron chi connectivity index (χ1n) is 5.65. The third-order valence-electron chi connectivity index (χ3n) is 3.18. The molecule has 2 rings (SSSR count). The van der Waals surface area contributed by atoms with Gasteiger partial charge in [-0.2, -0.15) is 0 Å². The quantitative estimate of drug-likeness (QED) is 0.858. The third kappa shape index (κ3) is 2.39. The Balaban J connectivity index is 2.22. The minimum absolute atomic E-state index is 0.0296. The number of carbonyl (C=O) groups excluding carboxylic acids is 1. The number of piperidine rings is 1. The third-order valence-corrected chi connectivity index (χ3v) is 3.18. The van der Waals surface area contributed by atoms with Crippen LogP contribution < -0.4 is 10.6 Å². The number of halogens is 2. The van der Waals surface area contributed by atoms with E-state index in [1.165, 1.54) is 17.9 Å². The Kier molecular flexibility index (Phi) is 3.14. The molecule has 0 unspecified atom stereocenters. The highest BCUT2D eigenvalue weighted by atomic mass is 19.3. The van der Waals surface area contributed by atoms with Crippen LogP contribution in [0, 0.1) is 5.92 Å². The fourth-order valence-electron chi connectivity index (χ4n) is 1.90. The van der Waals surface area contributed by atoms with Gasteiger partial charge in [-0.25, -0.2) is 18.7 Å². The van der Waals surface area contributed by atoms with E-state index in [-0.39, 0.29) is 5.69 Å². The van der Waals surface area contributed by atoms with Gasteiger partial charge in [0.05, 0.1) is 6.54 Å². The smallest absolute Gasteiger partial charge is 0.267 e. The molecule has 1 aromatic heterocycles. The number of rotatable bonds is 2. The fraction of sp³-hybridized carbons (Fsp3) is 0.545. The van der Waals surface area contributed by atoms with Crippen LogP contribution in [-0.4, -0.2) is 34.9 Å². The summed E-state index contributed by atoms with van der Waals surface area (Å²) in [7, 11) is 0. The minimum Gasteiger partial charge on any atom is -0.364 e. The molecule has 5 nitrogen and oxygen atoms in total. The monoisotopic (exact) mass is 256 g/mol. The number of nitrogens with two attached hydrogens (primary N) is 1. The fourth-order valence-corrected chi connectivity index (χ4v) is 1.90. The van der Waals surface area contributed by atoms with Gasteiger partial charge in [0.2, 0.25) is 0 Å². The molecular weight excluding hydrogens is 242 g/mol. The normalized spacial score (nSPS) is 22.8. The van der Waals surface area contributed by atoms with Crippen molar-refractivity contribution in [1.29, 1.82) is 0 Å². The lowest BCUT2D eigenvalue weighted by molar-refractivity contribution is -0.0573. The molecule has 0 bridgehead atoms. The molecule has 2 N–H and O–H groups in total. The first kappa shape index (κ1) is 12.7. The Labute approximate surface area is 103 Å². The number of primary amides is 1. The summed E-state index contributed by atoms with van der Waals surface area (Å²) in [6.07, 6.45) is 1.54. The summed E-state index contributed by atoms with van der Waals surface area (Å²) in [6, 6.07) is 1.34. The number of hydrogen-bond acceptors (Lipinski definition) is 4. The largest absolute Gasteiger partial charge is 0.364 e. The number of anilines is 1. The van der Waals surface area contributed by atoms with Gasteiger partial charge in [-0.3, -0.25) is 4.79 Å². The molecule has 0 radical (unpaired) electrons. The Morgan fingerprint density at radius 2 is 2.28 bits per heavy atom. The molecule has 0 aromatic carbocycles. The van der Waals surface area contributed by atoms with Crippen LogP contribution in [0.5, 0.6) is 0 Å². The zero-order valence-electron chi connectivity index (χ0n) is 9.94. The molecule has 1 fully saturated rings. The summed E-state index contributed by atoms with van der Waals surface area (Å²) in [5.74, 6) is -3.79. The number of nitrogens with zero attached hydrogens (tertiary/aromatic N) is 3. The second kappa shape index (κ2) is 4.47. The number of carbonyl (C=O) groups is 1. The van der Waals surface area contributed by atoms with Gasteiger partial charge in [0.25, 0.3) is 11.8 Å². The first-order chi connectivity index (χ1) is 8.40. The van der Waals surface area contributed by atoms with Gasteiger partial charge in [0.1, 0.15) is 17.8 Å². The zero-order valence-corrected chi connectivity index (χ0v) is 9.94. The Hall–Kier alpha value is -1.79. The molecule has 0 aliphatic carbocycles. The average molecular weight is 256 g/mol. The van der Waals surface area contributed by atoms with Crippen molar-refractivity contribution in [1.82, 2.24) is 9.97 Å². The molecule has 98 valence electrons. The molecule has 7 heteroatoms. The van der Waals surface area contributed by atoms with Gasteiger partial charge < -0.3 is 10.6 Å². The molecule has 2 heterocycles. The highest BCUT2D eigenvalue weighted by Gasteiger charge is 2.42. The van der Waals surface area contributed by atoms with Gasteiger partial charge >= 0.3 is 0 Å². The van der Waals surface area contributed by atoms with E-state index in [9.17, 15) is 13.6 Å². The molecule has 1 amide bonds. The van der Waals surface area contributed by atoms with E-state index < -0.39 is 24.3 Å². The SMILES string of the molecule is C[C@H]1CCN(c2cc(C(N)=O)ncn2)CC1(F)F. The topological polar surface area (TPSA) is 72.1 Å². The maximum absolute atomic E-state index is 13.6. The number of alkyl halides is 2. The maximum Gasteiger partial charge on any atom is 0.267 e. The number of aromatic nitrogens is 2. The van der Waals surface area contributed by atoms with Crippen molar-refractivity contribution in [3.8, 4) is 0 Å². The molecular formula is C11H14F2N4O. The number of amides is 1. The summed E-state index contributed by atoms with van der Waals surface area (Å²) in [4.78, 5) is 20.0. The summed E-state index contributed by atoms with van der Waals surface area (Å²) >= 11 is 0. The van der Waals surface area contributed by atoms with Crippen LogP contribution in [0.25, 0.3) is 0 Å². The molecule has 0 saturated carbocycles. The van der Waals surface area contributed by atoms with Crippen molar-refractivity contribution in [2.75, 3.05) is 18.0 Å². The molecule has 1 saturated heterocycles. The standard InChI is InChI=1S/C11H14F2N4O/c1-7-2-3-17(5-11(7,12)13)9-4-8(10(14)18)15-6-16-9/h4,6-7H,2-3,5H2,1H3,(H2,14,18)/t7-/m0/s1. The highest BCUT2D eigenvalue weighted by molar-refractivity contribution is 5.91. The lowest BCUT2D eigenvalue weighted by Gasteiger charge is -2.37. The van der Waals surface area contributed by atoms with Crippen LogP contribution in [0.3, 0.4) is 0 Å². The van der Waals surface area contributed by atoms with Gasteiger partial charge in [-0.1, -0.05) is 6.92 Å². The average Bonchev–Trinajstić information content (AvgIpc) is 2.33. The Morgan fingerprint density at radius 1 is 1.56 bits per heavy atom. The Bertz CT molecular complexity index is 466. The van der Waals surface area contributed by atoms with E-state index >= 15 is 0 Å². The van der Waals surface area contributed by atoms with Crippen LogP contribution in [0.15, 0.2) is 12.4 Å². The highest BCUT2D eigenvalue weighted by Crippen LogP contribution is 2.33. The van der Waals surface area contributed by atoms with E-state index in [4.69, 9.17) is 5.73 Å². The van der Waals surface area contributed by atoms with E-state index in [1.807, 2.05) is 0 Å². The molecule has 1 aromatic rings. The van der Waals surface area contributed by atoms with Crippen molar-refractivity contribution >= 4 is 11.7 Å². The summed E-state index contributed by atoms with van der Waals surface area (Å²) in [6.45, 7) is 1.61. The first-order valence-corrected chi connectivity index (χ1v) is 5.65. The zero-order chi connectivity index (χ0) is 13.3. The molecule has 1 aliphatic rings. The van der Waals surface area contributed by atoms with Gasteiger partial charge in [0, 0.05) is 18.5 Å². The minimum atomic E-state index is -2.75. The van der Waals surface area contributed by atoms with Gasteiger partial charge in [-0.05, 0) is 6.42 Å². The van der Waals surface area contributed by atoms with Gasteiger partial charge in [0.15, 0.2) is 0 Å². The van der Waals surface area contributed by atoms with E-state index in [0.717, 1.165) is 6.33 Å². The molecule has 18 heavy (non-hydrogen) atoms. The second-order valence-corrected chi connectivity index (χ2v) is 4.50. The lowest BCUT2D eigenvalue weighted by atomic mass is 9.95. The maximum atomic E-state index is 13.6. The number of hydrogen-bond donors (Lipinski definition) is 1. The van der Waals surface area contributed by atoms with E-state index in [0.29, 0.717) is 18.8 Å². The van der Waals surface area contributed by atoms with E-state index in [2.05, 4.69) is 9.97 Å². The van der Waals surface area contributed by atoms with E-state index in [1.54, 1.807) is 0 Å². The van der Waals surface area contributed by atoms with Crippen LogP contribution >= 0.6 is 0 Å².